The van der Waals surface area contributed by atoms with Crippen molar-refractivity contribution in [1.29, 1.82) is 0 Å². The number of para-hydroxylation sites is 1. The fraction of sp³-hybridized carbons (Fsp3) is 0.200. The molecule has 6 nitrogen and oxygen atoms in total. The SMILES string of the molecule is NC(=O)c1cc(NCC2Cc3ccccc3O2)ncc1N. The van der Waals surface area contributed by atoms with Crippen LogP contribution in [-0.4, -0.2) is 23.5 Å². The number of nitrogens with zero attached hydrogens (tertiary/aromatic N) is 1. The molecule has 1 amide bonds. The van der Waals surface area contributed by atoms with E-state index >= 15 is 0 Å². The van der Waals surface area contributed by atoms with Crippen molar-refractivity contribution in [3.63, 3.8) is 0 Å². The molecule has 0 bridgehead atoms. The van der Waals surface area contributed by atoms with Gasteiger partial charge in [0.2, 0.25) is 0 Å². The fourth-order valence-corrected chi connectivity index (χ4v) is 2.36. The van der Waals surface area contributed by atoms with E-state index < -0.39 is 5.91 Å². The van der Waals surface area contributed by atoms with Crippen molar-refractivity contribution in [2.45, 2.75) is 12.5 Å². The molecule has 0 aliphatic carbocycles. The Morgan fingerprint density at radius 3 is 3.00 bits per heavy atom. The highest BCUT2D eigenvalue weighted by Gasteiger charge is 2.22. The van der Waals surface area contributed by atoms with Gasteiger partial charge in [0.15, 0.2) is 0 Å². The van der Waals surface area contributed by atoms with Crippen molar-refractivity contribution in [3.8, 4) is 5.75 Å². The summed E-state index contributed by atoms with van der Waals surface area (Å²) >= 11 is 0. The van der Waals surface area contributed by atoms with Crippen molar-refractivity contribution in [3.05, 3.63) is 47.7 Å². The molecule has 5 N–H and O–H groups in total. The van der Waals surface area contributed by atoms with Crippen LogP contribution in [0.25, 0.3) is 0 Å². The standard InChI is InChI=1S/C15H16N4O2/c16-12-8-19-14(6-11(12)15(17)20)18-7-10-5-9-3-1-2-4-13(9)21-10/h1-4,6,8,10H,5,7,16H2,(H2,17,20)(H,18,19). The molecule has 0 saturated heterocycles. The lowest BCUT2D eigenvalue weighted by Crippen LogP contribution is -2.24. The summed E-state index contributed by atoms with van der Waals surface area (Å²) in [5.74, 6) is 0.910. The first-order valence-corrected chi connectivity index (χ1v) is 6.67. The Bertz CT molecular complexity index is 662. The van der Waals surface area contributed by atoms with E-state index in [4.69, 9.17) is 16.2 Å². The number of nitrogens with two attached hydrogens (primary N) is 2. The van der Waals surface area contributed by atoms with Gasteiger partial charge < -0.3 is 21.5 Å². The first kappa shape index (κ1) is 13.2. The maximum absolute atomic E-state index is 11.2. The van der Waals surface area contributed by atoms with Crippen LogP contribution in [0.3, 0.4) is 0 Å². The molecule has 0 spiro atoms. The third-order valence-electron chi connectivity index (χ3n) is 3.42. The van der Waals surface area contributed by atoms with Gasteiger partial charge in [-0.15, -0.1) is 0 Å². The number of benzene rings is 1. The van der Waals surface area contributed by atoms with Crippen molar-refractivity contribution < 1.29 is 9.53 Å². The topological polar surface area (TPSA) is 103 Å². The van der Waals surface area contributed by atoms with Crippen LogP contribution in [0, 0.1) is 0 Å². The van der Waals surface area contributed by atoms with Crippen molar-refractivity contribution in [1.82, 2.24) is 4.98 Å². The number of hydrogen-bond donors (Lipinski definition) is 3. The highest BCUT2D eigenvalue weighted by Crippen LogP contribution is 2.28. The number of fused-ring (bicyclic) bond motifs is 1. The molecular weight excluding hydrogens is 268 g/mol. The third kappa shape index (κ3) is 2.74. The van der Waals surface area contributed by atoms with E-state index in [0.717, 1.165) is 12.2 Å². The Kier molecular flexibility index (Phi) is 3.35. The molecule has 21 heavy (non-hydrogen) atoms. The first-order chi connectivity index (χ1) is 10.1. The molecule has 1 aliphatic rings. The van der Waals surface area contributed by atoms with Gasteiger partial charge in [-0.05, 0) is 17.7 Å². The zero-order valence-corrected chi connectivity index (χ0v) is 11.4. The van der Waals surface area contributed by atoms with Gasteiger partial charge in [-0.2, -0.15) is 0 Å². The van der Waals surface area contributed by atoms with Gasteiger partial charge in [0, 0.05) is 6.42 Å². The van der Waals surface area contributed by atoms with Crippen LogP contribution in [0.2, 0.25) is 0 Å². The minimum Gasteiger partial charge on any atom is -0.488 e. The smallest absolute Gasteiger partial charge is 0.250 e. The van der Waals surface area contributed by atoms with Gasteiger partial charge in [-0.3, -0.25) is 4.79 Å². The van der Waals surface area contributed by atoms with E-state index in [2.05, 4.69) is 16.4 Å². The molecule has 3 rings (SSSR count). The molecule has 0 saturated carbocycles. The van der Waals surface area contributed by atoms with E-state index in [1.54, 1.807) is 6.07 Å². The Balaban J connectivity index is 1.64. The zero-order chi connectivity index (χ0) is 14.8. The largest absolute Gasteiger partial charge is 0.488 e. The minimum atomic E-state index is -0.567. The predicted octanol–water partition coefficient (Wildman–Crippen LogP) is 1.18. The quantitative estimate of drug-likeness (QED) is 0.782. The summed E-state index contributed by atoms with van der Waals surface area (Å²) in [6.45, 7) is 0.587. The van der Waals surface area contributed by atoms with E-state index in [1.165, 1.54) is 11.8 Å². The first-order valence-electron chi connectivity index (χ1n) is 6.67. The number of pyridine rings is 1. The summed E-state index contributed by atoms with van der Waals surface area (Å²) in [5.41, 5.74) is 12.7. The average Bonchev–Trinajstić information content (AvgIpc) is 2.89. The molecule has 108 valence electrons. The average molecular weight is 284 g/mol. The number of nitrogen functional groups attached to an aromatic ring is 1. The van der Waals surface area contributed by atoms with Gasteiger partial charge in [0.05, 0.1) is 24.0 Å². The van der Waals surface area contributed by atoms with Crippen LogP contribution >= 0.6 is 0 Å². The molecule has 0 fully saturated rings. The Morgan fingerprint density at radius 2 is 2.24 bits per heavy atom. The summed E-state index contributed by atoms with van der Waals surface area (Å²) < 4.78 is 5.82. The van der Waals surface area contributed by atoms with E-state index in [9.17, 15) is 4.79 Å². The van der Waals surface area contributed by atoms with Crippen LogP contribution in [0.5, 0.6) is 5.75 Å². The zero-order valence-electron chi connectivity index (χ0n) is 11.4. The monoisotopic (exact) mass is 284 g/mol. The number of hydrogen-bond acceptors (Lipinski definition) is 5. The number of nitrogens with one attached hydrogen (secondary N) is 1. The summed E-state index contributed by atoms with van der Waals surface area (Å²) in [7, 11) is 0. The molecule has 1 aliphatic heterocycles. The third-order valence-corrected chi connectivity index (χ3v) is 3.42. The number of carbonyl (C=O) groups is 1. The van der Waals surface area contributed by atoms with E-state index in [0.29, 0.717) is 12.4 Å². The van der Waals surface area contributed by atoms with Gasteiger partial charge in [-0.25, -0.2) is 4.98 Å². The highest BCUT2D eigenvalue weighted by molar-refractivity contribution is 5.98. The minimum absolute atomic E-state index is 0.0405. The summed E-state index contributed by atoms with van der Waals surface area (Å²) in [6.07, 6.45) is 2.31. The number of carbonyl (C=O) groups excluding carboxylic acids is 1. The number of aromatic nitrogens is 1. The lowest BCUT2D eigenvalue weighted by Gasteiger charge is -2.13. The summed E-state index contributed by atoms with van der Waals surface area (Å²) in [5, 5.41) is 3.14. The predicted molar refractivity (Wildman–Crippen MR) is 80.2 cm³/mol. The van der Waals surface area contributed by atoms with Crippen LogP contribution in [0.15, 0.2) is 36.5 Å². The van der Waals surface area contributed by atoms with Crippen LogP contribution in [0.4, 0.5) is 11.5 Å². The summed E-state index contributed by atoms with van der Waals surface area (Å²) in [4.78, 5) is 15.4. The number of primary amides is 1. The Hall–Kier alpha value is -2.76. The second kappa shape index (κ2) is 5.32. The highest BCUT2D eigenvalue weighted by atomic mass is 16.5. The summed E-state index contributed by atoms with van der Waals surface area (Å²) in [6, 6.07) is 9.53. The van der Waals surface area contributed by atoms with Crippen LogP contribution in [-0.2, 0) is 6.42 Å². The molecule has 1 aromatic carbocycles. The number of rotatable bonds is 4. The molecule has 1 atom stereocenters. The van der Waals surface area contributed by atoms with Gasteiger partial charge in [0.1, 0.15) is 17.7 Å². The van der Waals surface area contributed by atoms with Crippen LogP contribution < -0.4 is 21.5 Å². The van der Waals surface area contributed by atoms with Gasteiger partial charge in [0.25, 0.3) is 5.91 Å². The maximum Gasteiger partial charge on any atom is 0.250 e. The second-order valence-electron chi connectivity index (χ2n) is 4.95. The molecule has 6 heteroatoms. The fourth-order valence-electron chi connectivity index (χ4n) is 2.36. The normalized spacial score (nSPS) is 16.1. The lowest BCUT2D eigenvalue weighted by atomic mass is 10.1. The molecular formula is C15H16N4O2. The molecule has 1 aromatic heterocycles. The number of anilines is 2. The van der Waals surface area contributed by atoms with Crippen LogP contribution in [0.1, 0.15) is 15.9 Å². The second-order valence-corrected chi connectivity index (χ2v) is 4.95. The molecule has 1 unspecified atom stereocenters. The number of amides is 1. The van der Waals surface area contributed by atoms with E-state index in [-0.39, 0.29) is 17.4 Å². The Morgan fingerprint density at radius 1 is 1.43 bits per heavy atom. The lowest BCUT2D eigenvalue weighted by molar-refractivity contribution is 0.100. The van der Waals surface area contributed by atoms with Crippen molar-refractivity contribution >= 4 is 17.4 Å². The van der Waals surface area contributed by atoms with Crippen molar-refractivity contribution in [2.24, 2.45) is 5.73 Å². The van der Waals surface area contributed by atoms with Crippen molar-refractivity contribution in [2.75, 3.05) is 17.6 Å². The maximum atomic E-state index is 11.2. The molecule has 2 heterocycles. The van der Waals surface area contributed by atoms with Gasteiger partial charge in [-0.1, -0.05) is 18.2 Å². The van der Waals surface area contributed by atoms with E-state index in [1.807, 2.05) is 18.2 Å². The van der Waals surface area contributed by atoms with Gasteiger partial charge >= 0.3 is 0 Å². The molecule has 0 radical (unpaired) electrons. The Labute approximate surface area is 122 Å². The molecule has 2 aromatic rings. The number of ether oxygens (including phenoxy) is 1.